The molecule has 2 rings (SSSR count). The van der Waals surface area contributed by atoms with Crippen molar-refractivity contribution in [3.63, 3.8) is 0 Å². The molecule has 1 aliphatic heterocycles. The number of nitrogens with one attached hydrogen (secondary N) is 1. The van der Waals surface area contributed by atoms with Crippen LogP contribution >= 0.6 is 23.2 Å². The van der Waals surface area contributed by atoms with Crippen molar-refractivity contribution in [2.24, 2.45) is 0 Å². The van der Waals surface area contributed by atoms with Crippen LogP contribution in [0.3, 0.4) is 0 Å². The summed E-state index contributed by atoms with van der Waals surface area (Å²) in [5.41, 5.74) is 0.674. The van der Waals surface area contributed by atoms with Crippen molar-refractivity contribution in [3.05, 3.63) is 39.9 Å². The molecule has 0 aliphatic carbocycles. The van der Waals surface area contributed by atoms with Gasteiger partial charge in [0.15, 0.2) is 0 Å². The number of nitrogens with zero attached hydrogens (tertiary/aromatic N) is 1. The predicted octanol–water partition coefficient (Wildman–Crippen LogP) is 2.66. The molecule has 1 aromatic carbocycles. The maximum absolute atomic E-state index is 12.6. The summed E-state index contributed by atoms with van der Waals surface area (Å²) in [5, 5.41) is 3.55. The van der Waals surface area contributed by atoms with Crippen molar-refractivity contribution < 1.29 is 8.42 Å². The average Bonchev–Trinajstić information content (AvgIpc) is 2.43. The number of hydrogen-bond donors (Lipinski definition) is 1. The van der Waals surface area contributed by atoms with Crippen LogP contribution < -0.4 is 5.32 Å². The Morgan fingerprint density at radius 1 is 1.30 bits per heavy atom. The highest BCUT2D eigenvalue weighted by molar-refractivity contribution is 7.89. The smallest absolute Gasteiger partial charge is 0.244 e. The topological polar surface area (TPSA) is 49.4 Å². The third-order valence-corrected chi connectivity index (χ3v) is 5.75. The van der Waals surface area contributed by atoms with E-state index in [9.17, 15) is 8.42 Å². The van der Waals surface area contributed by atoms with Crippen molar-refractivity contribution in [1.29, 1.82) is 0 Å². The summed E-state index contributed by atoms with van der Waals surface area (Å²) >= 11 is 12.3. The molecule has 1 aromatic rings. The molecule has 0 aromatic heterocycles. The minimum atomic E-state index is -3.62. The molecular weight excluding hydrogens is 319 g/mol. The van der Waals surface area contributed by atoms with Gasteiger partial charge in [-0.2, -0.15) is 4.31 Å². The molecule has 0 saturated heterocycles. The van der Waals surface area contributed by atoms with E-state index in [0.717, 1.165) is 0 Å². The highest BCUT2D eigenvalue weighted by Gasteiger charge is 2.28. The van der Waals surface area contributed by atoms with Gasteiger partial charge in [0.2, 0.25) is 10.0 Å². The molecule has 4 nitrogen and oxygen atoms in total. The second-order valence-electron chi connectivity index (χ2n) is 4.53. The lowest BCUT2D eigenvalue weighted by molar-refractivity contribution is 0.437. The van der Waals surface area contributed by atoms with Gasteiger partial charge < -0.3 is 5.32 Å². The summed E-state index contributed by atoms with van der Waals surface area (Å²) in [6.07, 6.45) is 4.52. The van der Waals surface area contributed by atoms with Gasteiger partial charge in [0, 0.05) is 24.7 Å². The van der Waals surface area contributed by atoms with Crippen LogP contribution in [0.2, 0.25) is 10.0 Å². The summed E-state index contributed by atoms with van der Waals surface area (Å²) in [6, 6.07) is 3.09. The molecule has 0 bridgehead atoms. The molecule has 0 atom stereocenters. The van der Waals surface area contributed by atoms with E-state index in [1.165, 1.54) is 10.4 Å². The van der Waals surface area contributed by atoms with Crippen molar-refractivity contribution in [2.45, 2.75) is 17.9 Å². The van der Waals surface area contributed by atoms with Crippen molar-refractivity contribution in [1.82, 2.24) is 9.62 Å². The summed E-state index contributed by atoms with van der Waals surface area (Å²) < 4.78 is 26.7. The van der Waals surface area contributed by atoms with Crippen LogP contribution in [-0.2, 0) is 16.6 Å². The molecule has 110 valence electrons. The standard InChI is InChI=1S/C13H16Cl2N2O2S/c1-16-9-10-7-11(14)8-12(13(10)15)20(18,19)17-5-3-2-4-6-17/h2-3,7-8,16H,4-6,9H2,1H3. The Morgan fingerprint density at radius 3 is 2.65 bits per heavy atom. The number of sulfonamides is 1. The Hall–Kier alpha value is -0.590. The van der Waals surface area contributed by atoms with Crippen LogP contribution in [0.4, 0.5) is 0 Å². The van der Waals surface area contributed by atoms with Gasteiger partial charge >= 0.3 is 0 Å². The van der Waals surface area contributed by atoms with E-state index >= 15 is 0 Å². The van der Waals surface area contributed by atoms with E-state index < -0.39 is 10.0 Å². The molecule has 0 radical (unpaired) electrons. The molecule has 1 aliphatic rings. The minimum absolute atomic E-state index is 0.0761. The lowest BCUT2D eigenvalue weighted by Gasteiger charge is -2.24. The lowest BCUT2D eigenvalue weighted by Crippen LogP contribution is -2.34. The van der Waals surface area contributed by atoms with Gasteiger partial charge in [-0.15, -0.1) is 0 Å². The molecule has 1 N–H and O–H groups in total. The zero-order valence-corrected chi connectivity index (χ0v) is 13.4. The fourth-order valence-corrected chi connectivity index (χ4v) is 4.42. The summed E-state index contributed by atoms with van der Waals surface area (Å²) in [7, 11) is -1.85. The minimum Gasteiger partial charge on any atom is -0.316 e. The fraction of sp³-hybridized carbons (Fsp3) is 0.385. The van der Waals surface area contributed by atoms with Crippen LogP contribution in [0.5, 0.6) is 0 Å². The second kappa shape index (κ2) is 6.45. The summed E-state index contributed by atoms with van der Waals surface area (Å²) in [4.78, 5) is 0.0761. The van der Waals surface area contributed by atoms with Gasteiger partial charge in [0.1, 0.15) is 4.90 Å². The third-order valence-electron chi connectivity index (χ3n) is 3.09. The van der Waals surface area contributed by atoms with Crippen molar-refractivity contribution in [2.75, 3.05) is 20.1 Å². The monoisotopic (exact) mass is 334 g/mol. The molecule has 0 amide bonds. The maximum Gasteiger partial charge on any atom is 0.244 e. The molecule has 7 heteroatoms. The molecular formula is C13H16Cl2N2O2S. The number of hydrogen-bond acceptors (Lipinski definition) is 3. The Balaban J connectivity index is 2.48. The Labute approximate surface area is 129 Å². The number of halogens is 2. The first kappa shape index (κ1) is 15.8. The Morgan fingerprint density at radius 2 is 2.05 bits per heavy atom. The highest BCUT2D eigenvalue weighted by Crippen LogP contribution is 2.32. The van der Waals surface area contributed by atoms with Gasteiger partial charge in [-0.05, 0) is 31.2 Å². The quantitative estimate of drug-likeness (QED) is 0.861. The Kier molecular flexibility index (Phi) is 5.09. The van der Waals surface area contributed by atoms with Crippen molar-refractivity contribution in [3.8, 4) is 0 Å². The van der Waals surface area contributed by atoms with E-state index in [-0.39, 0.29) is 9.92 Å². The molecule has 20 heavy (non-hydrogen) atoms. The van der Waals surface area contributed by atoms with E-state index in [0.29, 0.717) is 36.6 Å². The van der Waals surface area contributed by atoms with Crippen LogP contribution in [0.25, 0.3) is 0 Å². The van der Waals surface area contributed by atoms with E-state index in [4.69, 9.17) is 23.2 Å². The van der Waals surface area contributed by atoms with Gasteiger partial charge in [-0.3, -0.25) is 0 Å². The normalized spacial score (nSPS) is 16.6. The van der Waals surface area contributed by atoms with E-state index in [1.807, 2.05) is 12.2 Å². The maximum atomic E-state index is 12.6. The SMILES string of the molecule is CNCc1cc(Cl)cc(S(=O)(=O)N2CC=CCC2)c1Cl. The zero-order chi connectivity index (χ0) is 14.8. The average molecular weight is 335 g/mol. The molecule has 0 fully saturated rings. The molecule has 1 heterocycles. The first-order valence-electron chi connectivity index (χ1n) is 6.24. The molecule has 0 spiro atoms. The summed E-state index contributed by atoms with van der Waals surface area (Å²) in [5.74, 6) is 0. The fourth-order valence-electron chi connectivity index (χ4n) is 2.10. The Bertz CT molecular complexity index is 630. The number of benzene rings is 1. The summed E-state index contributed by atoms with van der Waals surface area (Å²) in [6.45, 7) is 1.29. The van der Waals surface area contributed by atoms with Crippen LogP contribution in [0.15, 0.2) is 29.2 Å². The first-order chi connectivity index (χ1) is 9.46. The molecule has 0 saturated carbocycles. The van der Waals surface area contributed by atoms with Gasteiger partial charge in [-0.1, -0.05) is 35.4 Å². The van der Waals surface area contributed by atoms with E-state index in [1.54, 1.807) is 13.1 Å². The lowest BCUT2D eigenvalue weighted by atomic mass is 10.2. The van der Waals surface area contributed by atoms with Gasteiger partial charge in [-0.25, -0.2) is 8.42 Å². The number of rotatable bonds is 4. The van der Waals surface area contributed by atoms with Gasteiger partial charge in [0.25, 0.3) is 0 Å². The van der Waals surface area contributed by atoms with Crippen LogP contribution in [0, 0.1) is 0 Å². The largest absolute Gasteiger partial charge is 0.316 e. The molecule has 0 unspecified atom stereocenters. The van der Waals surface area contributed by atoms with Crippen molar-refractivity contribution >= 4 is 33.2 Å². The zero-order valence-electron chi connectivity index (χ0n) is 11.1. The van der Waals surface area contributed by atoms with Gasteiger partial charge in [0.05, 0.1) is 5.02 Å². The van der Waals surface area contributed by atoms with Crippen LogP contribution in [-0.4, -0.2) is 32.9 Å². The third kappa shape index (κ3) is 3.18. The van der Waals surface area contributed by atoms with Crippen LogP contribution in [0.1, 0.15) is 12.0 Å². The first-order valence-corrected chi connectivity index (χ1v) is 8.44. The predicted molar refractivity (Wildman–Crippen MR) is 81.7 cm³/mol. The van der Waals surface area contributed by atoms with E-state index in [2.05, 4.69) is 5.32 Å². The highest BCUT2D eigenvalue weighted by atomic mass is 35.5. The second-order valence-corrected chi connectivity index (χ2v) is 7.25.